The normalized spacial score (nSPS) is 20.1. The highest BCUT2D eigenvalue weighted by molar-refractivity contribution is 6.04. The minimum Gasteiger partial charge on any atom is -0.360 e. The maximum atomic E-state index is 13.3. The molecule has 2 aromatic rings. The maximum absolute atomic E-state index is 13.3. The monoisotopic (exact) mass is 393 g/mol. The molecule has 2 aliphatic heterocycles. The number of carbonyl (C=O) groups is 2. The molecule has 0 radical (unpaired) electrons. The number of hydrogen-bond donors (Lipinski definition) is 2. The summed E-state index contributed by atoms with van der Waals surface area (Å²) in [7, 11) is 0. The van der Waals surface area contributed by atoms with Crippen molar-refractivity contribution in [3.05, 3.63) is 54.1 Å². The Balaban J connectivity index is 1.43. The van der Waals surface area contributed by atoms with E-state index < -0.39 is 0 Å². The van der Waals surface area contributed by atoms with E-state index in [-0.39, 0.29) is 17.9 Å². The first kappa shape index (κ1) is 19.5. The number of nitrogens with one attached hydrogen (secondary N) is 2. The first-order valence-electron chi connectivity index (χ1n) is 10.4. The SMILES string of the molecule is Cc1ccccc1N1CC[NH+](CC(=O)N2c3ccccc3NC(=O)C[C@H]2C)CC1. The number of nitrogens with zero attached hydrogens (tertiary/aromatic N) is 2. The zero-order valence-electron chi connectivity index (χ0n) is 17.1. The van der Waals surface area contributed by atoms with Crippen molar-refractivity contribution in [2.45, 2.75) is 26.3 Å². The van der Waals surface area contributed by atoms with E-state index in [0.717, 1.165) is 37.6 Å². The Kier molecular flexibility index (Phi) is 5.53. The van der Waals surface area contributed by atoms with Crippen LogP contribution in [0.15, 0.2) is 48.5 Å². The van der Waals surface area contributed by atoms with Gasteiger partial charge in [-0.2, -0.15) is 0 Å². The summed E-state index contributed by atoms with van der Waals surface area (Å²) in [6.07, 6.45) is 0.316. The van der Waals surface area contributed by atoms with Crippen molar-refractivity contribution < 1.29 is 14.5 Å². The summed E-state index contributed by atoms with van der Waals surface area (Å²) >= 11 is 0. The second kappa shape index (κ2) is 8.25. The fraction of sp³-hybridized carbons (Fsp3) is 0.391. The topological polar surface area (TPSA) is 57.1 Å². The Bertz CT molecular complexity index is 905. The van der Waals surface area contributed by atoms with Gasteiger partial charge < -0.3 is 20.0 Å². The van der Waals surface area contributed by atoms with E-state index in [9.17, 15) is 9.59 Å². The van der Waals surface area contributed by atoms with Crippen molar-refractivity contribution in [3.63, 3.8) is 0 Å². The van der Waals surface area contributed by atoms with Crippen LogP contribution < -0.4 is 20.0 Å². The number of fused-ring (bicyclic) bond motifs is 1. The zero-order valence-corrected chi connectivity index (χ0v) is 17.1. The molecule has 1 atom stereocenters. The highest BCUT2D eigenvalue weighted by Gasteiger charge is 2.32. The lowest BCUT2D eigenvalue weighted by atomic mass is 10.1. The van der Waals surface area contributed by atoms with Crippen LogP contribution in [-0.4, -0.2) is 50.6 Å². The molecule has 0 spiro atoms. The Morgan fingerprint density at radius 3 is 2.45 bits per heavy atom. The van der Waals surface area contributed by atoms with Crippen molar-refractivity contribution >= 4 is 28.9 Å². The van der Waals surface area contributed by atoms with Crippen LogP contribution in [0.4, 0.5) is 17.1 Å². The number of amides is 2. The molecule has 6 nitrogen and oxygen atoms in total. The van der Waals surface area contributed by atoms with Gasteiger partial charge in [-0.05, 0) is 37.6 Å². The molecule has 1 saturated heterocycles. The molecule has 152 valence electrons. The molecule has 2 aromatic carbocycles. The quantitative estimate of drug-likeness (QED) is 0.830. The van der Waals surface area contributed by atoms with Crippen LogP contribution in [0.5, 0.6) is 0 Å². The van der Waals surface area contributed by atoms with Crippen LogP contribution >= 0.6 is 0 Å². The Morgan fingerprint density at radius 2 is 1.72 bits per heavy atom. The lowest BCUT2D eigenvalue weighted by Gasteiger charge is -2.35. The van der Waals surface area contributed by atoms with Crippen LogP contribution in [0.3, 0.4) is 0 Å². The van der Waals surface area contributed by atoms with E-state index in [1.807, 2.05) is 36.1 Å². The largest absolute Gasteiger partial charge is 0.360 e. The van der Waals surface area contributed by atoms with Gasteiger partial charge in [-0.25, -0.2) is 0 Å². The van der Waals surface area contributed by atoms with Crippen molar-refractivity contribution in [1.29, 1.82) is 0 Å². The van der Waals surface area contributed by atoms with Crippen molar-refractivity contribution in [1.82, 2.24) is 0 Å². The molecule has 0 aromatic heterocycles. The summed E-state index contributed by atoms with van der Waals surface area (Å²) in [5.74, 6) is 0.0419. The summed E-state index contributed by atoms with van der Waals surface area (Å²) in [6, 6.07) is 15.9. The van der Waals surface area contributed by atoms with E-state index in [2.05, 4.69) is 41.4 Å². The predicted octanol–water partition coefficient (Wildman–Crippen LogP) is 1.46. The maximum Gasteiger partial charge on any atom is 0.282 e. The molecule has 1 fully saturated rings. The highest BCUT2D eigenvalue weighted by Crippen LogP contribution is 2.31. The van der Waals surface area contributed by atoms with Gasteiger partial charge in [0.25, 0.3) is 5.91 Å². The van der Waals surface area contributed by atoms with Crippen molar-refractivity contribution in [3.8, 4) is 0 Å². The third-order valence-electron chi connectivity index (χ3n) is 5.96. The molecule has 0 bridgehead atoms. The highest BCUT2D eigenvalue weighted by atomic mass is 16.2. The molecule has 2 aliphatic rings. The van der Waals surface area contributed by atoms with Crippen LogP contribution in [0.2, 0.25) is 0 Å². The molecule has 2 heterocycles. The van der Waals surface area contributed by atoms with Crippen LogP contribution in [0.1, 0.15) is 18.9 Å². The van der Waals surface area contributed by atoms with Gasteiger partial charge in [0.2, 0.25) is 5.91 Å². The molecule has 0 saturated carbocycles. The first-order valence-corrected chi connectivity index (χ1v) is 10.4. The van der Waals surface area contributed by atoms with Gasteiger partial charge in [0, 0.05) is 18.2 Å². The molecular weight excluding hydrogens is 364 g/mol. The Morgan fingerprint density at radius 1 is 1.07 bits per heavy atom. The van der Waals surface area contributed by atoms with Gasteiger partial charge in [-0.1, -0.05) is 30.3 Å². The first-order chi connectivity index (χ1) is 14.0. The summed E-state index contributed by atoms with van der Waals surface area (Å²) in [4.78, 5) is 30.9. The van der Waals surface area contributed by atoms with E-state index in [1.165, 1.54) is 16.2 Å². The number of carbonyl (C=O) groups excluding carboxylic acids is 2. The van der Waals surface area contributed by atoms with E-state index in [4.69, 9.17) is 0 Å². The number of quaternary nitrogens is 1. The van der Waals surface area contributed by atoms with E-state index >= 15 is 0 Å². The predicted molar refractivity (Wildman–Crippen MR) is 116 cm³/mol. The van der Waals surface area contributed by atoms with Gasteiger partial charge >= 0.3 is 0 Å². The summed E-state index contributed by atoms with van der Waals surface area (Å²) in [5.41, 5.74) is 4.10. The molecule has 29 heavy (non-hydrogen) atoms. The number of piperazine rings is 1. The number of hydrogen-bond acceptors (Lipinski definition) is 3. The molecule has 4 rings (SSSR count). The molecule has 6 heteroatoms. The molecule has 2 N–H and O–H groups in total. The van der Waals surface area contributed by atoms with E-state index in [0.29, 0.717) is 13.0 Å². The lowest BCUT2D eigenvalue weighted by molar-refractivity contribution is -0.892. The lowest BCUT2D eigenvalue weighted by Crippen LogP contribution is -3.16. The van der Waals surface area contributed by atoms with Gasteiger partial charge in [0.05, 0.1) is 37.6 Å². The fourth-order valence-corrected chi connectivity index (χ4v) is 4.43. The molecule has 2 amide bonds. The molecular formula is C23H29N4O2+. The fourth-order valence-electron chi connectivity index (χ4n) is 4.43. The third kappa shape index (κ3) is 4.12. The van der Waals surface area contributed by atoms with Crippen LogP contribution in [0, 0.1) is 6.92 Å². The number of rotatable bonds is 3. The van der Waals surface area contributed by atoms with Crippen molar-refractivity contribution in [2.75, 3.05) is 47.8 Å². The summed E-state index contributed by atoms with van der Waals surface area (Å²) in [6.45, 7) is 8.30. The second-order valence-corrected chi connectivity index (χ2v) is 8.08. The average molecular weight is 394 g/mol. The Labute approximate surface area is 172 Å². The zero-order chi connectivity index (χ0) is 20.4. The van der Waals surface area contributed by atoms with Crippen LogP contribution in [-0.2, 0) is 9.59 Å². The third-order valence-corrected chi connectivity index (χ3v) is 5.96. The van der Waals surface area contributed by atoms with Gasteiger partial charge in [-0.15, -0.1) is 0 Å². The van der Waals surface area contributed by atoms with E-state index in [1.54, 1.807) is 0 Å². The summed E-state index contributed by atoms with van der Waals surface area (Å²) < 4.78 is 0. The number of aryl methyl sites for hydroxylation is 1. The average Bonchev–Trinajstić information content (AvgIpc) is 2.83. The Hall–Kier alpha value is -2.86. The van der Waals surface area contributed by atoms with Crippen molar-refractivity contribution in [2.24, 2.45) is 0 Å². The molecule has 0 unspecified atom stereocenters. The van der Waals surface area contributed by atoms with Gasteiger partial charge in [-0.3, -0.25) is 9.59 Å². The standard InChI is InChI=1S/C23H28N4O2/c1-17-7-3-5-9-20(17)26-13-11-25(12-14-26)16-23(29)27-18(2)15-22(28)24-19-8-4-6-10-21(19)27/h3-10,18H,11-16H2,1-2H3,(H,24,28)/p+1/t18-/m1/s1. The summed E-state index contributed by atoms with van der Waals surface area (Å²) in [5, 5.41) is 2.92. The minimum atomic E-state index is -0.154. The van der Waals surface area contributed by atoms with Gasteiger partial charge in [0.15, 0.2) is 6.54 Å². The second-order valence-electron chi connectivity index (χ2n) is 8.08. The number of anilines is 3. The number of benzene rings is 2. The number of para-hydroxylation sites is 3. The van der Waals surface area contributed by atoms with Crippen LogP contribution in [0.25, 0.3) is 0 Å². The minimum absolute atomic E-state index is 0.0422. The molecule has 0 aliphatic carbocycles. The van der Waals surface area contributed by atoms with Gasteiger partial charge in [0.1, 0.15) is 0 Å². The smallest absolute Gasteiger partial charge is 0.282 e.